The Hall–Kier alpha value is -2.50. The number of nitrogens with two attached hydrogens (primary N) is 1. The second-order valence-electron chi connectivity index (χ2n) is 5.18. The second-order valence-corrected chi connectivity index (χ2v) is 5.18. The summed E-state index contributed by atoms with van der Waals surface area (Å²) in [4.78, 5) is 26.4. The number of carbonyl (C=O) groups excluding carboxylic acids is 1. The predicted octanol–water partition coefficient (Wildman–Crippen LogP) is 1.62. The van der Waals surface area contributed by atoms with Gasteiger partial charge >= 0.3 is 0 Å². The molecular weight excluding hydrogens is 266 g/mol. The third-order valence-corrected chi connectivity index (χ3v) is 3.70. The highest BCUT2D eigenvalue weighted by atomic mass is 16.1. The van der Waals surface area contributed by atoms with Gasteiger partial charge in [-0.3, -0.25) is 4.79 Å². The van der Waals surface area contributed by atoms with Gasteiger partial charge in [0.05, 0.1) is 11.7 Å². The zero-order valence-electron chi connectivity index (χ0n) is 11.9. The van der Waals surface area contributed by atoms with Gasteiger partial charge in [-0.05, 0) is 31.9 Å². The number of aromatic nitrogens is 3. The largest absolute Gasteiger partial charge is 0.364 e. The van der Waals surface area contributed by atoms with Crippen LogP contribution in [-0.2, 0) is 0 Å². The molecule has 0 aliphatic carbocycles. The summed E-state index contributed by atoms with van der Waals surface area (Å²) >= 11 is 0. The average molecular weight is 283 g/mol. The van der Waals surface area contributed by atoms with Crippen molar-refractivity contribution in [3.63, 3.8) is 0 Å². The van der Waals surface area contributed by atoms with E-state index in [1.54, 1.807) is 12.4 Å². The molecule has 1 amide bonds. The maximum Gasteiger partial charge on any atom is 0.267 e. The van der Waals surface area contributed by atoms with E-state index in [-0.39, 0.29) is 6.04 Å². The highest BCUT2D eigenvalue weighted by molar-refractivity contribution is 5.90. The van der Waals surface area contributed by atoms with Crippen molar-refractivity contribution in [2.45, 2.75) is 25.8 Å². The van der Waals surface area contributed by atoms with E-state index in [4.69, 9.17) is 5.73 Å². The van der Waals surface area contributed by atoms with Gasteiger partial charge in [0, 0.05) is 18.3 Å². The summed E-state index contributed by atoms with van der Waals surface area (Å²) in [6.45, 7) is 2.87. The molecule has 1 atom stereocenters. The molecule has 21 heavy (non-hydrogen) atoms. The predicted molar refractivity (Wildman–Crippen MR) is 78.8 cm³/mol. The van der Waals surface area contributed by atoms with Gasteiger partial charge in [0.1, 0.15) is 17.8 Å². The van der Waals surface area contributed by atoms with Crippen molar-refractivity contribution in [2.24, 2.45) is 5.73 Å². The van der Waals surface area contributed by atoms with Gasteiger partial charge in [-0.2, -0.15) is 0 Å². The maximum absolute atomic E-state index is 11.3. The summed E-state index contributed by atoms with van der Waals surface area (Å²) in [7, 11) is 0. The first-order chi connectivity index (χ1) is 10.1. The van der Waals surface area contributed by atoms with Gasteiger partial charge in [0.15, 0.2) is 0 Å². The molecule has 1 saturated heterocycles. The van der Waals surface area contributed by atoms with E-state index in [0.717, 1.165) is 36.6 Å². The van der Waals surface area contributed by atoms with Gasteiger partial charge in [-0.25, -0.2) is 15.0 Å². The summed E-state index contributed by atoms with van der Waals surface area (Å²) in [5, 5.41) is 0. The Morgan fingerprint density at radius 3 is 3.00 bits per heavy atom. The minimum Gasteiger partial charge on any atom is -0.364 e. The zero-order valence-corrected chi connectivity index (χ0v) is 11.9. The molecule has 0 spiro atoms. The van der Waals surface area contributed by atoms with E-state index in [1.165, 1.54) is 0 Å². The first kappa shape index (κ1) is 13.5. The van der Waals surface area contributed by atoms with Gasteiger partial charge < -0.3 is 10.6 Å². The van der Waals surface area contributed by atoms with Crippen molar-refractivity contribution in [1.29, 1.82) is 0 Å². The average Bonchev–Trinajstić information content (AvgIpc) is 2.97. The number of hydrogen-bond donors (Lipinski definition) is 1. The third kappa shape index (κ3) is 2.69. The molecule has 0 saturated carbocycles. The summed E-state index contributed by atoms with van der Waals surface area (Å²) in [6, 6.07) is 7.49. The minimum atomic E-state index is -0.501. The van der Waals surface area contributed by atoms with Crippen molar-refractivity contribution in [3.8, 4) is 0 Å². The number of primary amides is 1. The van der Waals surface area contributed by atoms with Crippen molar-refractivity contribution in [2.75, 3.05) is 11.4 Å². The zero-order chi connectivity index (χ0) is 14.8. The summed E-state index contributed by atoms with van der Waals surface area (Å²) < 4.78 is 0. The van der Waals surface area contributed by atoms with Crippen LogP contribution < -0.4 is 10.6 Å². The quantitative estimate of drug-likeness (QED) is 0.925. The van der Waals surface area contributed by atoms with Gasteiger partial charge in [0.25, 0.3) is 5.91 Å². The first-order valence-electron chi connectivity index (χ1n) is 6.97. The molecule has 3 heterocycles. The third-order valence-electron chi connectivity index (χ3n) is 3.70. The second kappa shape index (κ2) is 5.47. The van der Waals surface area contributed by atoms with E-state index >= 15 is 0 Å². The van der Waals surface area contributed by atoms with E-state index in [1.807, 2.05) is 25.1 Å². The monoisotopic (exact) mass is 283 g/mol. The lowest BCUT2D eigenvalue weighted by molar-refractivity contribution is 0.0995. The molecular formula is C15H17N5O. The molecule has 1 aliphatic rings. The van der Waals surface area contributed by atoms with E-state index < -0.39 is 5.91 Å². The normalized spacial score (nSPS) is 18.0. The number of nitrogens with zero attached hydrogens (tertiary/aromatic N) is 4. The highest BCUT2D eigenvalue weighted by Crippen LogP contribution is 2.34. The standard InChI is InChI=1S/C15H17N5O/c1-10-8-14(18-9-17-10)20-7-3-6-13(20)11-4-2-5-12(19-11)15(16)21/h2,4-5,8-9,13H,3,6-7H2,1H3,(H2,16,21)/t13-/m0/s1. The fourth-order valence-electron chi connectivity index (χ4n) is 2.72. The number of pyridine rings is 1. The van der Waals surface area contributed by atoms with Gasteiger partial charge in [-0.1, -0.05) is 6.07 Å². The van der Waals surface area contributed by atoms with Gasteiger partial charge in [0.2, 0.25) is 0 Å². The number of rotatable bonds is 3. The Balaban J connectivity index is 1.94. The minimum absolute atomic E-state index is 0.124. The van der Waals surface area contributed by atoms with E-state index in [0.29, 0.717) is 5.69 Å². The lowest BCUT2D eigenvalue weighted by atomic mass is 10.1. The smallest absolute Gasteiger partial charge is 0.267 e. The molecule has 3 rings (SSSR count). The Morgan fingerprint density at radius 2 is 2.24 bits per heavy atom. The number of amides is 1. The molecule has 1 fully saturated rings. The molecule has 2 aromatic rings. The molecule has 108 valence electrons. The number of carbonyl (C=O) groups is 1. The van der Waals surface area contributed by atoms with Crippen LogP contribution in [0.15, 0.2) is 30.6 Å². The van der Waals surface area contributed by atoms with Crippen molar-refractivity contribution < 1.29 is 4.79 Å². The molecule has 2 N–H and O–H groups in total. The van der Waals surface area contributed by atoms with Crippen LogP contribution in [0.5, 0.6) is 0 Å². The lowest BCUT2D eigenvalue weighted by Gasteiger charge is -2.25. The molecule has 0 radical (unpaired) electrons. The van der Waals surface area contributed by atoms with Crippen LogP contribution in [0.2, 0.25) is 0 Å². The molecule has 0 bridgehead atoms. The summed E-state index contributed by atoms with van der Waals surface area (Å²) in [5.74, 6) is 0.399. The molecule has 1 aliphatic heterocycles. The van der Waals surface area contributed by atoms with Crippen molar-refractivity contribution in [3.05, 3.63) is 47.7 Å². The molecule has 6 nitrogen and oxygen atoms in total. The Morgan fingerprint density at radius 1 is 1.38 bits per heavy atom. The fourth-order valence-corrected chi connectivity index (χ4v) is 2.72. The van der Waals surface area contributed by atoms with Crippen LogP contribution >= 0.6 is 0 Å². The van der Waals surface area contributed by atoms with Crippen LogP contribution in [0.1, 0.15) is 40.8 Å². The molecule has 2 aromatic heterocycles. The molecule has 0 unspecified atom stereocenters. The summed E-state index contributed by atoms with van der Waals surface area (Å²) in [5.41, 5.74) is 7.41. The lowest BCUT2D eigenvalue weighted by Crippen LogP contribution is -2.25. The van der Waals surface area contributed by atoms with Gasteiger partial charge in [-0.15, -0.1) is 0 Å². The van der Waals surface area contributed by atoms with E-state index in [2.05, 4.69) is 19.9 Å². The molecule has 6 heteroatoms. The Labute approximate surface area is 123 Å². The number of hydrogen-bond acceptors (Lipinski definition) is 5. The topological polar surface area (TPSA) is 85.0 Å². The van der Waals surface area contributed by atoms with E-state index in [9.17, 15) is 4.79 Å². The maximum atomic E-state index is 11.3. The first-order valence-corrected chi connectivity index (χ1v) is 6.97. The van der Waals surface area contributed by atoms with Crippen molar-refractivity contribution >= 4 is 11.7 Å². The van der Waals surface area contributed by atoms with Crippen LogP contribution in [0.4, 0.5) is 5.82 Å². The Kier molecular flexibility index (Phi) is 3.51. The van der Waals surface area contributed by atoms with Crippen molar-refractivity contribution in [1.82, 2.24) is 15.0 Å². The molecule has 0 aromatic carbocycles. The fraction of sp³-hybridized carbons (Fsp3) is 0.333. The Bertz CT molecular complexity index is 673. The summed E-state index contributed by atoms with van der Waals surface area (Å²) in [6.07, 6.45) is 3.63. The SMILES string of the molecule is Cc1cc(N2CCC[C@H]2c2cccc(C(N)=O)n2)ncn1. The van der Waals surface area contributed by atoms with Crippen LogP contribution in [0.3, 0.4) is 0 Å². The number of anilines is 1. The number of aryl methyl sites for hydroxylation is 1. The van der Waals surface area contributed by atoms with Crippen LogP contribution in [0, 0.1) is 6.92 Å². The van der Waals surface area contributed by atoms with Crippen LogP contribution in [-0.4, -0.2) is 27.4 Å². The van der Waals surface area contributed by atoms with Crippen LogP contribution in [0.25, 0.3) is 0 Å². The highest BCUT2D eigenvalue weighted by Gasteiger charge is 2.28.